The topological polar surface area (TPSA) is 328 Å². The van der Waals surface area contributed by atoms with Crippen LogP contribution in [0.15, 0.2) is 91.0 Å². The van der Waals surface area contributed by atoms with Crippen LogP contribution in [-0.4, -0.2) is 183 Å². The Morgan fingerprint density at radius 1 is 0.756 bits per heavy atom. The zero-order valence-electron chi connectivity index (χ0n) is 48.1. The van der Waals surface area contributed by atoms with Crippen LogP contribution in [0.5, 0.6) is 5.75 Å². The van der Waals surface area contributed by atoms with Crippen LogP contribution < -0.4 is 52.6 Å². The maximum Gasteiger partial charge on any atom is 0.415 e. The highest BCUT2D eigenvalue weighted by Crippen LogP contribution is 2.46. The number of alkyl halides is 1. The third-order valence-electron chi connectivity index (χ3n) is 14.9. The van der Waals surface area contributed by atoms with Gasteiger partial charge in [0.2, 0.25) is 23.6 Å². The molecule has 3 atom stereocenters. The number of urea groups is 1. The lowest BCUT2D eigenvalue weighted by Gasteiger charge is -2.31. The van der Waals surface area contributed by atoms with Crippen molar-refractivity contribution in [2.24, 2.45) is 11.7 Å². The SMILES string of the molecule is CC(C)[C@H](NCCNC(=O)CCOCCNC(=O)CCN1C(=O)C=CC1=O)C(=O)N[C@@H](CCCNC(N)=O)C(=O)Nc1ccc(C(=O)Nc2ccc3[nH]c(C(=O)N4C[C@@H](CCl)c5c4cc(OC(=O)N4CCN(C)CC4)c4ccccc54)cc3c2)cc1. The number of nitrogens with one attached hydrogen (secondary N) is 8. The standard InChI is InChI=1S/C60H72ClN13O12/c1-36(2)54(65-22-21-63-50(76)19-29-85-30-23-64-49(75)18-24-73-51(77)16-17-52(73)78)57(81)70-45(9-6-20-66-59(62)83)56(80)67-40-12-10-37(11-13-40)55(79)68-41-14-15-44-38(31-41)32-46(69-44)58(82)74-35-39(34-61)53-43-8-5-4-7-42(43)48(33-47(53)74)86-60(84)72-27-25-71(3)26-28-72/h4-5,7-8,10-17,31-33,36,39,45,54,65,69H,6,9,18-30,34-35H2,1-3H3,(H,63,76)(H,64,75)(H,67,80)(H,68,79)(H,70,81)(H3,62,66,83)/t39-,45+,54+/m1/s1. The maximum absolute atomic E-state index is 14.5. The van der Waals surface area contributed by atoms with Crippen molar-refractivity contribution in [1.29, 1.82) is 0 Å². The third kappa shape index (κ3) is 16.5. The van der Waals surface area contributed by atoms with Gasteiger partial charge < -0.3 is 72.1 Å². The fourth-order valence-corrected chi connectivity index (χ4v) is 10.5. The van der Waals surface area contributed by atoms with Crippen LogP contribution in [0, 0.1) is 5.92 Å². The van der Waals surface area contributed by atoms with Crippen molar-refractivity contribution >= 4 is 110 Å². The Hall–Kier alpha value is -8.91. The number of aromatic nitrogens is 1. The van der Waals surface area contributed by atoms with E-state index in [-0.39, 0.29) is 113 Å². The number of aromatic amines is 1. The van der Waals surface area contributed by atoms with E-state index in [9.17, 15) is 47.9 Å². The number of anilines is 3. The molecule has 4 heterocycles. The lowest BCUT2D eigenvalue weighted by molar-refractivity contribution is -0.137. The summed E-state index contributed by atoms with van der Waals surface area (Å²) in [5.74, 6) is -3.18. The van der Waals surface area contributed by atoms with Gasteiger partial charge in [0.15, 0.2) is 0 Å². The molecule has 5 aromatic rings. The van der Waals surface area contributed by atoms with Crippen molar-refractivity contribution in [3.8, 4) is 5.75 Å². The van der Waals surface area contributed by atoms with Gasteiger partial charge >= 0.3 is 12.1 Å². The minimum Gasteiger partial charge on any atom is -0.409 e. The lowest BCUT2D eigenvalue weighted by atomic mass is 9.95. The molecule has 8 rings (SSSR count). The van der Waals surface area contributed by atoms with Gasteiger partial charge in [0.1, 0.15) is 17.5 Å². The van der Waals surface area contributed by atoms with E-state index in [0.717, 1.165) is 46.5 Å². The summed E-state index contributed by atoms with van der Waals surface area (Å²) in [6, 6.07) is 19.9. The first kappa shape index (κ1) is 63.1. The van der Waals surface area contributed by atoms with Crippen LogP contribution >= 0.6 is 11.6 Å². The van der Waals surface area contributed by atoms with E-state index in [2.05, 4.69) is 47.1 Å². The molecule has 3 aliphatic rings. The fraction of sp³-hybridized carbons (Fsp3) is 0.400. The van der Waals surface area contributed by atoms with E-state index in [1.54, 1.807) is 52.3 Å². The number of likely N-dealkylation sites (N-methyl/N-ethyl adjacent to an activating group) is 1. The Balaban J connectivity index is 0.816. The van der Waals surface area contributed by atoms with Crippen molar-refractivity contribution in [2.75, 3.05) is 107 Å². The Morgan fingerprint density at radius 3 is 2.16 bits per heavy atom. The van der Waals surface area contributed by atoms with E-state index in [1.165, 1.54) is 12.1 Å². The number of H-pyrrole nitrogens is 1. The van der Waals surface area contributed by atoms with Crippen molar-refractivity contribution in [2.45, 2.75) is 57.5 Å². The number of rotatable bonds is 27. The van der Waals surface area contributed by atoms with Crippen molar-refractivity contribution < 1.29 is 57.4 Å². The van der Waals surface area contributed by atoms with Crippen LogP contribution in [0.3, 0.4) is 0 Å². The second-order valence-corrected chi connectivity index (χ2v) is 21.7. The normalized spacial score (nSPS) is 15.6. The largest absolute Gasteiger partial charge is 0.415 e. The number of hydrogen-bond acceptors (Lipinski definition) is 14. The highest BCUT2D eigenvalue weighted by atomic mass is 35.5. The molecule has 0 bridgehead atoms. The number of primary amides is 1. The summed E-state index contributed by atoms with van der Waals surface area (Å²) in [5.41, 5.74) is 8.78. The van der Waals surface area contributed by atoms with Crippen molar-refractivity contribution in [1.82, 2.24) is 46.3 Å². The molecule has 1 fully saturated rings. The lowest BCUT2D eigenvalue weighted by Crippen LogP contribution is -2.54. The smallest absolute Gasteiger partial charge is 0.409 e. The molecule has 1 saturated heterocycles. The van der Waals surface area contributed by atoms with E-state index in [1.807, 2.05) is 45.2 Å². The minimum absolute atomic E-state index is 0.0305. The van der Waals surface area contributed by atoms with Gasteiger partial charge in [-0.3, -0.25) is 43.3 Å². The number of amides is 11. The number of halogens is 1. The summed E-state index contributed by atoms with van der Waals surface area (Å²) in [6.07, 6.45) is 2.26. The summed E-state index contributed by atoms with van der Waals surface area (Å²) in [4.78, 5) is 138. The summed E-state index contributed by atoms with van der Waals surface area (Å²) >= 11 is 6.57. The monoisotopic (exact) mass is 1200 g/mol. The molecule has 0 saturated carbocycles. The van der Waals surface area contributed by atoms with Gasteiger partial charge in [-0.05, 0) is 85.3 Å². The molecule has 1 aromatic heterocycles. The van der Waals surface area contributed by atoms with Crippen LogP contribution in [-0.2, 0) is 33.5 Å². The van der Waals surface area contributed by atoms with Crippen molar-refractivity contribution in [3.63, 3.8) is 0 Å². The van der Waals surface area contributed by atoms with Crippen LogP contribution in [0.2, 0.25) is 0 Å². The molecule has 11 amide bonds. The van der Waals surface area contributed by atoms with Crippen molar-refractivity contribution in [3.05, 3.63) is 108 Å². The van der Waals surface area contributed by atoms with E-state index >= 15 is 0 Å². The first-order valence-electron chi connectivity index (χ1n) is 28.5. The number of hydrogen-bond donors (Lipinski definition) is 9. The summed E-state index contributed by atoms with van der Waals surface area (Å²) in [7, 11) is 2.01. The number of benzene rings is 4. The molecule has 456 valence electrons. The third-order valence-corrected chi connectivity index (χ3v) is 15.3. The zero-order valence-corrected chi connectivity index (χ0v) is 48.9. The molecule has 4 aromatic carbocycles. The number of ether oxygens (including phenoxy) is 2. The fourth-order valence-electron chi connectivity index (χ4n) is 10.3. The predicted octanol–water partition coefficient (Wildman–Crippen LogP) is 3.74. The Labute approximate surface area is 501 Å². The van der Waals surface area contributed by atoms with Gasteiger partial charge in [0, 0.05) is 142 Å². The van der Waals surface area contributed by atoms with E-state index in [4.69, 9.17) is 26.8 Å². The first-order valence-corrected chi connectivity index (χ1v) is 29.1. The van der Waals surface area contributed by atoms with Gasteiger partial charge in [-0.2, -0.15) is 0 Å². The Kier molecular flexibility index (Phi) is 21.8. The quantitative estimate of drug-likeness (QED) is 0.0206. The molecule has 25 nitrogen and oxygen atoms in total. The van der Waals surface area contributed by atoms with Gasteiger partial charge in [-0.15, -0.1) is 11.6 Å². The molecule has 0 unspecified atom stereocenters. The highest BCUT2D eigenvalue weighted by molar-refractivity contribution is 6.19. The van der Waals surface area contributed by atoms with E-state index < -0.39 is 53.7 Å². The first-order chi connectivity index (χ1) is 41.4. The Morgan fingerprint density at radius 2 is 1.45 bits per heavy atom. The minimum atomic E-state index is -1.05. The molecular weight excluding hydrogens is 1130 g/mol. The van der Waals surface area contributed by atoms with Gasteiger partial charge in [-0.1, -0.05) is 38.1 Å². The number of carbonyl (C=O) groups is 10. The molecule has 0 radical (unpaired) electrons. The summed E-state index contributed by atoms with van der Waals surface area (Å²) in [6.45, 7) is 7.40. The number of fused-ring (bicyclic) bond motifs is 4. The zero-order chi connectivity index (χ0) is 61.4. The van der Waals surface area contributed by atoms with Crippen LogP contribution in [0.1, 0.15) is 71.9 Å². The molecule has 10 N–H and O–H groups in total. The predicted molar refractivity (Wildman–Crippen MR) is 323 cm³/mol. The molecule has 0 aliphatic carbocycles. The molecule has 86 heavy (non-hydrogen) atoms. The molecule has 26 heteroatoms. The summed E-state index contributed by atoms with van der Waals surface area (Å²) < 4.78 is 11.5. The van der Waals surface area contributed by atoms with Gasteiger partial charge in [0.25, 0.3) is 23.6 Å². The molecular formula is C60H72ClN13O12. The molecule has 3 aliphatic heterocycles. The average Bonchev–Trinajstić information content (AvgIpc) is 1.92. The molecule has 0 spiro atoms. The van der Waals surface area contributed by atoms with Crippen LogP contribution in [0.4, 0.5) is 26.7 Å². The second-order valence-electron chi connectivity index (χ2n) is 21.4. The average molecular weight is 1200 g/mol. The summed E-state index contributed by atoms with van der Waals surface area (Å²) in [5, 5.41) is 21.8. The maximum atomic E-state index is 14.5. The number of carbonyl (C=O) groups excluding carboxylic acids is 10. The Bertz CT molecular complexity index is 3360. The van der Waals surface area contributed by atoms with Gasteiger partial charge in [0.05, 0.1) is 24.9 Å². The van der Waals surface area contributed by atoms with E-state index in [0.29, 0.717) is 59.0 Å². The number of nitrogens with zero attached hydrogens (tertiary/aromatic N) is 4. The van der Waals surface area contributed by atoms with Gasteiger partial charge in [-0.25, -0.2) is 9.59 Å². The second kappa shape index (κ2) is 29.7. The number of nitrogens with two attached hydrogens (primary N) is 1. The highest BCUT2D eigenvalue weighted by Gasteiger charge is 2.37. The van der Waals surface area contributed by atoms with Crippen LogP contribution in [0.25, 0.3) is 21.7 Å². The number of piperazine rings is 1. The number of imide groups is 1.